The number of methoxy groups -OCH3 is 3. The van der Waals surface area contributed by atoms with Gasteiger partial charge in [-0.3, -0.25) is 4.79 Å². The molecule has 1 aliphatic rings. The topological polar surface area (TPSA) is 60.4 Å². The molecule has 6 heteroatoms. The van der Waals surface area contributed by atoms with Crippen LogP contribution >= 0.6 is 0 Å². The molecule has 0 saturated carbocycles. The first-order chi connectivity index (χ1) is 13.1. The third-order valence-electron chi connectivity index (χ3n) is 4.68. The van der Waals surface area contributed by atoms with E-state index in [4.69, 9.17) is 14.2 Å². The van der Waals surface area contributed by atoms with E-state index in [-0.39, 0.29) is 11.9 Å². The lowest BCUT2D eigenvalue weighted by molar-refractivity contribution is -0.132. The van der Waals surface area contributed by atoms with E-state index >= 15 is 0 Å². The van der Waals surface area contributed by atoms with Crippen molar-refractivity contribution in [2.24, 2.45) is 5.10 Å². The van der Waals surface area contributed by atoms with Gasteiger partial charge in [0.25, 0.3) is 0 Å². The monoisotopic (exact) mass is 368 g/mol. The number of rotatable bonds is 6. The second kappa shape index (κ2) is 8.12. The number of amides is 1. The van der Waals surface area contributed by atoms with E-state index < -0.39 is 0 Å². The third-order valence-corrected chi connectivity index (χ3v) is 4.68. The van der Waals surface area contributed by atoms with Crippen LogP contribution in [0.15, 0.2) is 47.6 Å². The summed E-state index contributed by atoms with van der Waals surface area (Å²) in [5.41, 5.74) is 2.81. The lowest BCUT2D eigenvalue weighted by Crippen LogP contribution is -2.26. The maximum Gasteiger partial charge on any atom is 0.242 e. The van der Waals surface area contributed by atoms with Crippen LogP contribution in [0.3, 0.4) is 0 Å². The van der Waals surface area contributed by atoms with Crippen molar-refractivity contribution in [2.45, 2.75) is 25.8 Å². The molecule has 1 unspecified atom stereocenters. The van der Waals surface area contributed by atoms with Crippen LogP contribution in [0.5, 0.6) is 17.2 Å². The fourth-order valence-electron chi connectivity index (χ4n) is 3.18. The average molecular weight is 368 g/mol. The van der Waals surface area contributed by atoms with Crippen molar-refractivity contribution in [3.05, 3.63) is 53.6 Å². The highest BCUT2D eigenvalue weighted by molar-refractivity contribution is 6.03. The Hall–Kier alpha value is -3.02. The fraction of sp³-hybridized carbons (Fsp3) is 0.333. The van der Waals surface area contributed by atoms with Crippen molar-refractivity contribution in [1.82, 2.24) is 5.01 Å². The number of carbonyl (C=O) groups excluding carboxylic acids is 1. The first-order valence-corrected chi connectivity index (χ1v) is 8.87. The summed E-state index contributed by atoms with van der Waals surface area (Å²) in [7, 11) is 4.84. The Kier molecular flexibility index (Phi) is 5.64. The zero-order valence-electron chi connectivity index (χ0n) is 16.1. The maximum absolute atomic E-state index is 12.5. The second-order valence-corrected chi connectivity index (χ2v) is 6.20. The minimum absolute atomic E-state index is 0.0155. The summed E-state index contributed by atoms with van der Waals surface area (Å²) in [6, 6.07) is 13.3. The molecule has 0 saturated heterocycles. The minimum atomic E-state index is -0.172. The van der Waals surface area contributed by atoms with Gasteiger partial charge in [-0.25, -0.2) is 5.01 Å². The van der Waals surface area contributed by atoms with Gasteiger partial charge in [0, 0.05) is 12.8 Å². The Morgan fingerprint density at radius 1 is 1.04 bits per heavy atom. The van der Waals surface area contributed by atoms with E-state index in [1.807, 2.05) is 49.4 Å². The van der Waals surface area contributed by atoms with Crippen LogP contribution in [0.1, 0.15) is 36.9 Å². The zero-order valence-corrected chi connectivity index (χ0v) is 16.1. The van der Waals surface area contributed by atoms with Gasteiger partial charge < -0.3 is 14.2 Å². The summed E-state index contributed by atoms with van der Waals surface area (Å²) in [6.07, 6.45) is 1.02. The zero-order chi connectivity index (χ0) is 19.4. The highest BCUT2D eigenvalue weighted by atomic mass is 16.5. The first kappa shape index (κ1) is 18.8. The van der Waals surface area contributed by atoms with E-state index in [0.717, 1.165) is 22.6 Å². The largest absolute Gasteiger partial charge is 0.497 e. The van der Waals surface area contributed by atoms with E-state index in [1.54, 1.807) is 26.3 Å². The molecule has 27 heavy (non-hydrogen) atoms. The molecule has 0 spiro atoms. The Bertz CT molecular complexity index is 846. The second-order valence-electron chi connectivity index (χ2n) is 6.20. The van der Waals surface area contributed by atoms with Crippen molar-refractivity contribution in [1.29, 1.82) is 0 Å². The Morgan fingerprint density at radius 3 is 2.33 bits per heavy atom. The van der Waals surface area contributed by atoms with Crippen LogP contribution in [0.25, 0.3) is 0 Å². The van der Waals surface area contributed by atoms with E-state index in [2.05, 4.69) is 5.10 Å². The predicted octanol–water partition coefficient (Wildman–Crippen LogP) is 3.80. The summed E-state index contributed by atoms with van der Waals surface area (Å²) >= 11 is 0. The third kappa shape index (κ3) is 3.74. The quantitative estimate of drug-likeness (QED) is 0.778. The van der Waals surface area contributed by atoms with Gasteiger partial charge in [-0.1, -0.05) is 13.0 Å². The highest BCUT2D eigenvalue weighted by Gasteiger charge is 2.32. The molecule has 0 radical (unpaired) electrons. The first-order valence-electron chi connectivity index (χ1n) is 8.87. The average Bonchev–Trinajstić information content (AvgIpc) is 3.18. The Balaban J connectivity index is 1.94. The van der Waals surface area contributed by atoms with Crippen molar-refractivity contribution >= 4 is 11.6 Å². The van der Waals surface area contributed by atoms with Crippen LogP contribution < -0.4 is 14.2 Å². The van der Waals surface area contributed by atoms with Crippen LogP contribution in [0.4, 0.5) is 0 Å². The lowest BCUT2D eigenvalue weighted by Gasteiger charge is -2.22. The summed E-state index contributed by atoms with van der Waals surface area (Å²) in [4.78, 5) is 12.5. The molecular formula is C21H24N2O4. The van der Waals surface area contributed by atoms with Gasteiger partial charge in [0.15, 0.2) is 11.5 Å². The predicted molar refractivity (Wildman–Crippen MR) is 104 cm³/mol. The number of ether oxygens (including phenoxy) is 3. The molecule has 6 nitrogen and oxygen atoms in total. The van der Waals surface area contributed by atoms with Crippen molar-refractivity contribution in [3.8, 4) is 17.2 Å². The van der Waals surface area contributed by atoms with E-state index in [1.165, 1.54) is 0 Å². The molecule has 0 aliphatic carbocycles. The number of hydrogen-bond donors (Lipinski definition) is 0. The van der Waals surface area contributed by atoms with E-state index in [0.29, 0.717) is 24.3 Å². The molecule has 1 aliphatic heterocycles. The summed E-state index contributed by atoms with van der Waals surface area (Å²) < 4.78 is 15.9. The van der Waals surface area contributed by atoms with Gasteiger partial charge in [-0.15, -0.1) is 0 Å². The smallest absolute Gasteiger partial charge is 0.242 e. The molecule has 1 heterocycles. The summed E-state index contributed by atoms with van der Waals surface area (Å²) in [5, 5.41) is 6.21. The van der Waals surface area contributed by atoms with Gasteiger partial charge in [0.05, 0.1) is 33.1 Å². The van der Waals surface area contributed by atoms with Crippen LogP contribution in [-0.4, -0.2) is 38.0 Å². The van der Waals surface area contributed by atoms with Crippen LogP contribution in [0.2, 0.25) is 0 Å². The molecular weight excluding hydrogens is 344 g/mol. The molecule has 3 rings (SSSR count). The molecule has 0 fully saturated rings. The number of nitrogens with zero attached hydrogens (tertiary/aromatic N) is 2. The SMILES string of the molecule is CCC(=O)N1N=C(c2ccc(OC)cc2)CC1c1ccc(OC)c(OC)c1. The van der Waals surface area contributed by atoms with Gasteiger partial charge >= 0.3 is 0 Å². The fourth-order valence-corrected chi connectivity index (χ4v) is 3.18. The van der Waals surface area contributed by atoms with Crippen LogP contribution in [-0.2, 0) is 4.79 Å². The number of carbonyl (C=O) groups is 1. The van der Waals surface area contributed by atoms with E-state index in [9.17, 15) is 4.79 Å². The van der Waals surface area contributed by atoms with Gasteiger partial charge in [-0.05, 0) is 47.5 Å². The minimum Gasteiger partial charge on any atom is -0.497 e. The highest BCUT2D eigenvalue weighted by Crippen LogP contribution is 2.37. The number of benzene rings is 2. The molecule has 0 aromatic heterocycles. The van der Waals surface area contributed by atoms with Crippen molar-refractivity contribution in [2.75, 3.05) is 21.3 Å². The normalized spacial score (nSPS) is 16.1. The van der Waals surface area contributed by atoms with Gasteiger partial charge in [-0.2, -0.15) is 5.10 Å². The van der Waals surface area contributed by atoms with Gasteiger partial charge in [0.1, 0.15) is 5.75 Å². The van der Waals surface area contributed by atoms with Crippen molar-refractivity contribution in [3.63, 3.8) is 0 Å². The number of hydrogen-bond acceptors (Lipinski definition) is 5. The molecule has 1 amide bonds. The van der Waals surface area contributed by atoms with Crippen molar-refractivity contribution < 1.29 is 19.0 Å². The molecule has 2 aromatic rings. The molecule has 0 N–H and O–H groups in total. The molecule has 0 bridgehead atoms. The molecule has 1 atom stereocenters. The summed E-state index contributed by atoms with van der Waals surface area (Å²) in [5.74, 6) is 2.06. The lowest BCUT2D eigenvalue weighted by atomic mass is 9.98. The molecule has 2 aromatic carbocycles. The Labute approximate surface area is 159 Å². The Morgan fingerprint density at radius 2 is 1.74 bits per heavy atom. The number of hydrazone groups is 1. The summed E-state index contributed by atoms with van der Waals surface area (Å²) in [6.45, 7) is 1.84. The standard InChI is InChI=1S/C21H24N2O4/c1-5-21(24)23-18(15-8-11-19(26-3)20(12-15)27-4)13-17(22-23)14-6-9-16(25-2)10-7-14/h6-12,18H,5,13H2,1-4H3. The van der Waals surface area contributed by atoms with Crippen LogP contribution in [0, 0.1) is 0 Å². The maximum atomic E-state index is 12.5. The molecule has 142 valence electrons. The van der Waals surface area contributed by atoms with Gasteiger partial charge in [0.2, 0.25) is 5.91 Å².